The predicted octanol–water partition coefficient (Wildman–Crippen LogP) is 3.83. The Hall–Kier alpha value is -1.13. The molecule has 1 aliphatic heterocycles. The van der Waals surface area contributed by atoms with Gasteiger partial charge < -0.3 is 14.8 Å². The molecule has 0 saturated carbocycles. The molecular weight excluding hydrogens is 269 g/mol. The molecule has 2 rings (SSSR count). The van der Waals surface area contributed by atoms with E-state index in [0.717, 1.165) is 30.7 Å². The van der Waals surface area contributed by atoms with Crippen LogP contribution in [0.5, 0.6) is 5.75 Å². The largest absolute Gasteiger partial charge is 0.490 e. The highest BCUT2D eigenvalue weighted by atomic mass is 19.1. The Morgan fingerprint density at radius 1 is 1.33 bits per heavy atom. The highest BCUT2D eigenvalue weighted by molar-refractivity contribution is 5.36. The van der Waals surface area contributed by atoms with Gasteiger partial charge in [0, 0.05) is 24.4 Å². The van der Waals surface area contributed by atoms with Gasteiger partial charge in [0.25, 0.3) is 0 Å². The molecule has 118 valence electrons. The van der Waals surface area contributed by atoms with Gasteiger partial charge in [-0.1, -0.05) is 6.92 Å². The van der Waals surface area contributed by atoms with Crippen LogP contribution in [-0.2, 0) is 4.74 Å². The first kappa shape index (κ1) is 16.2. The van der Waals surface area contributed by atoms with Gasteiger partial charge in [0.05, 0.1) is 12.2 Å². The molecule has 1 heterocycles. The summed E-state index contributed by atoms with van der Waals surface area (Å²) in [5, 5.41) is 3.31. The molecular formula is C17H26FNO2. The molecule has 0 amide bonds. The summed E-state index contributed by atoms with van der Waals surface area (Å²) in [6.07, 6.45) is 2.28. The van der Waals surface area contributed by atoms with Crippen molar-refractivity contribution >= 4 is 0 Å². The Morgan fingerprint density at radius 2 is 2.00 bits per heavy atom. The van der Waals surface area contributed by atoms with Gasteiger partial charge in [-0.25, -0.2) is 4.39 Å². The van der Waals surface area contributed by atoms with Crippen LogP contribution in [0.4, 0.5) is 4.39 Å². The summed E-state index contributed by atoms with van der Waals surface area (Å²) in [7, 11) is 0. The lowest BCUT2D eigenvalue weighted by Gasteiger charge is -2.33. The zero-order valence-corrected chi connectivity index (χ0v) is 13.4. The van der Waals surface area contributed by atoms with E-state index >= 15 is 0 Å². The van der Waals surface area contributed by atoms with Gasteiger partial charge in [-0.3, -0.25) is 0 Å². The smallest absolute Gasteiger partial charge is 0.124 e. The van der Waals surface area contributed by atoms with Gasteiger partial charge in [0.2, 0.25) is 0 Å². The number of nitrogens with one attached hydrogen (secondary N) is 1. The maximum atomic E-state index is 13.5. The second kappa shape index (κ2) is 7.23. The van der Waals surface area contributed by atoms with Crippen molar-refractivity contribution in [1.82, 2.24) is 5.32 Å². The van der Waals surface area contributed by atoms with E-state index in [1.54, 1.807) is 12.1 Å². The zero-order valence-electron chi connectivity index (χ0n) is 13.4. The summed E-state index contributed by atoms with van der Waals surface area (Å²) in [5.41, 5.74) is 0.878. The van der Waals surface area contributed by atoms with Crippen LogP contribution < -0.4 is 10.1 Å². The molecule has 0 aromatic heterocycles. The quantitative estimate of drug-likeness (QED) is 0.895. The minimum Gasteiger partial charge on any atom is -0.490 e. The van der Waals surface area contributed by atoms with E-state index in [0.29, 0.717) is 0 Å². The lowest BCUT2D eigenvalue weighted by molar-refractivity contribution is -0.0723. The molecule has 3 unspecified atom stereocenters. The zero-order chi connectivity index (χ0) is 15.4. The number of rotatable bonds is 5. The fourth-order valence-electron chi connectivity index (χ4n) is 3.00. The van der Waals surface area contributed by atoms with E-state index < -0.39 is 0 Å². The third-order valence-corrected chi connectivity index (χ3v) is 3.90. The number of halogens is 1. The fraction of sp³-hybridized carbons (Fsp3) is 0.647. The van der Waals surface area contributed by atoms with E-state index in [9.17, 15) is 4.39 Å². The molecule has 3 nitrogen and oxygen atoms in total. The summed E-state index contributed by atoms with van der Waals surface area (Å²) in [6, 6.07) is 4.83. The summed E-state index contributed by atoms with van der Waals surface area (Å²) in [4.78, 5) is 0. The lowest BCUT2D eigenvalue weighted by Crippen LogP contribution is -2.36. The van der Waals surface area contributed by atoms with Crippen molar-refractivity contribution in [3.05, 3.63) is 29.6 Å². The topological polar surface area (TPSA) is 30.5 Å². The van der Waals surface area contributed by atoms with Gasteiger partial charge in [-0.2, -0.15) is 0 Å². The van der Waals surface area contributed by atoms with Crippen LogP contribution in [0, 0.1) is 5.82 Å². The number of ether oxygens (including phenoxy) is 2. The Bertz CT molecular complexity index is 456. The first-order valence-electron chi connectivity index (χ1n) is 7.84. The van der Waals surface area contributed by atoms with Crippen LogP contribution in [0.25, 0.3) is 0 Å². The highest BCUT2D eigenvalue weighted by Crippen LogP contribution is 2.30. The Kier molecular flexibility index (Phi) is 5.59. The monoisotopic (exact) mass is 295 g/mol. The van der Waals surface area contributed by atoms with Crippen molar-refractivity contribution in [2.75, 3.05) is 6.54 Å². The summed E-state index contributed by atoms with van der Waals surface area (Å²) in [5.74, 6) is 0.548. The Labute approximate surface area is 126 Å². The van der Waals surface area contributed by atoms with Gasteiger partial charge in [-0.15, -0.1) is 0 Å². The van der Waals surface area contributed by atoms with E-state index in [4.69, 9.17) is 9.47 Å². The summed E-state index contributed by atoms with van der Waals surface area (Å²) in [6.45, 7) is 9.04. The number of hydrogen-bond donors (Lipinski definition) is 1. The van der Waals surface area contributed by atoms with Crippen LogP contribution in [0.2, 0.25) is 0 Å². The van der Waals surface area contributed by atoms with Gasteiger partial charge in [0.1, 0.15) is 17.7 Å². The van der Waals surface area contributed by atoms with Gasteiger partial charge >= 0.3 is 0 Å². The summed E-state index contributed by atoms with van der Waals surface area (Å²) < 4.78 is 25.4. The molecule has 1 N–H and O–H groups in total. The van der Waals surface area contributed by atoms with E-state index in [1.807, 2.05) is 13.8 Å². The molecule has 1 fully saturated rings. The normalized spacial score (nSPS) is 27.4. The number of hydrogen-bond acceptors (Lipinski definition) is 3. The van der Waals surface area contributed by atoms with Crippen molar-refractivity contribution in [2.24, 2.45) is 0 Å². The number of benzene rings is 1. The molecule has 0 aliphatic carbocycles. The van der Waals surface area contributed by atoms with Crippen molar-refractivity contribution in [1.29, 1.82) is 0 Å². The van der Waals surface area contributed by atoms with Crippen LogP contribution in [0.1, 0.15) is 52.1 Å². The molecule has 1 aliphatic rings. The van der Waals surface area contributed by atoms with Crippen LogP contribution in [0.15, 0.2) is 18.2 Å². The minimum absolute atomic E-state index is 0.0652. The molecule has 1 aromatic carbocycles. The first-order chi connectivity index (χ1) is 9.99. The van der Waals surface area contributed by atoms with Crippen molar-refractivity contribution < 1.29 is 13.9 Å². The van der Waals surface area contributed by atoms with Crippen LogP contribution in [0.3, 0.4) is 0 Å². The van der Waals surface area contributed by atoms with Crippen molar-refractivity contribution in [3.63, 3.8) is 0 Å². The highest BCUT2D eigenvalue weighted by Gasteiger charge is 2.26. The molecule has 21 heavy (non-hydrogen) atoms. The molecule has 0 spiro atoms. The molecule has 4 heteroatoms. The fourth-order valence-corrected chi connectivity index (χ4v) is 3.00. The average molecular weight is 295 g/mol. The second-order valence-electron chi connectivity index (χ2n) is 5.93. The third-order valence-electron chi connectivity index (χ3n) is 3.90. The molecule has 0 bridgehead atoms. The van der Waals surface area contributed by atoms with E-state index in [-0.39, 0.29) is 30.2 Å². The first-order valence-corrected chi connectivity index (χ1v) is 7.84. The van der Waals surface area contributed by atoms with Gasteiger partial charge in [0.15, 0.2) is 0 Å². The Morgan fingerprint density at radius 3 is 2.62 bits per heavy atom. The molecule has 3 atom stereocenters. The molecule has 1 saturated heterocycles. The standard InChI is InChI=1S/C17H26FNO2/c1-5-19-13(4)16-10-14(18)6-7-17(16)21-15-8-11(2)20-12(3)9-15/h6-7,10-13,15,19H,5,8-9H2,1-4H3. The van der Waals surface area contributed by atoms with E-state index in [1.165, 1.54) is 6.07 Å². The summed E-state index contributed by atoms with van der Waals surface area (Å²) >= 11 is 0. The van der Waals surface area contributed by atoms with Crippen molar-refractivity contribution in [3.8, 4) is 5.75 Å². The SMILES string of the molecule is CCNC(C)c1cc(F)ccc1OC1CC(C)OC(C)C1. The minimum atomic E-state index is -0.226. The maximum Gasteiger partial charge on any atom is 0.124 e. The van der Waals surface area contributed by atoms with Crippen molar-refractivity contribution in [2.45, 2.75) is 64.9 Å². The van der Waals surface area contributed by atoms with Crippen LogP contribution in [-0.4, -0.2) is 24.9 Å². The third kappa shape index (κ3) is 4.42. The van der Waals surface area contributed by atoms with E-state index in [2.05, 4.69) is 19.2 Å². The average Bonchev–Trinajstić information content (AvgIpc) is 2.40. The Balaban J connectivity index is 2.15. The lowest BCUT2D eigenvalue weighted by atomic mass is 10.0. The predicted molar refractivity (Wildman–Crippen MR) is 82.2 cm³/mol. The van der Waals surface area contributed by atoms with Gasteiger partial charge in [-0.05, 0) is 45.5 Å². The second-order valence-corrected chi connectivity index (χ2v) is 5.93. The van der Waals surface area contributed by atoms with Crippen LogP contribution >= 0.6 is 0 Å². The maximum absolute atomic E-state index is 13.5. The molecule has 0 radical (unpaired) electrons. The molecule has 1 aromatic rings.